The first-order chi connectivity index (χ1) is 11.5. The predicted molar refractivity (Wildman–Crippen MR) is 100 cm³/mol. The number of carbonyl (C=O) groups excluding carboxylic acids is 1. The number of likely N-dealkylation sites (tertiary alicyclic amines) is 1. The van der Waals surface area contributed by atoms with Gasteiger partial charge >= 0.3 is 0 Å². The second-order valence-corrected chi connectivity index (χ2v) is 8.24. The number of fused-ring (bicyclic) bond motifs is 1. The minimum atomic E-state index is 0.660. The molecule has 2 aliphatic heterocycles. The maximum absolute atomic E-state index is 10.2. The Hall–Kier alpha value is -0.490. The van der Waals surface area contributed by atoms with Crippen LogP contribution in [0.2, 0.25) is 0 Å². The topological polar surface area (TPSA) is 52.8 Å². The van der Waals surface area contributed by atoms with E-state index in [9.17, 15) is 4.79 Å². The molecule has 2 N–H and O–H groups in total. The van der Waals surface area contributed by atoms with E-state index in [4.69, 9.17) is 5.73 Å². The van der Waals surface area contributed by atoms with Crippen molar-refractivity contribution in [3.63, 3.8) is 0 Å². The van der Waals surface area contributed by atoms with E-state index >= 15 is 0 Å². The van der Waals surface area contributed by atoms with Gasteiger partial charge in [-0.05, 0) is 58.0 Å². The van der Waals surface area contributed by atoms with Crippen LogP contribution in [0.1, 0.15) is 33.1 Å². The number of rotatable bonds is 5. The van der Waals surface area contributed by atoms with Crippen molar-refractivity contribution in [3.8, 4) is 0 Å². The fourth-order valence-corrected chi connectivity index (χ4v) is 4.59. The fourth-order valence-electron chi connectivity index (χ4n) is 4.59. The summed E-state index contributed by atoms with van der Waals surface area (Å²) in [6.45, 7) is 13.5. The standard InChI is InChI=1S/C10H20N2O.C9H18N2/c1-10(2)12-7-5-11(6-8-12)4-3-9-13;1-11-5-8-2-7(4-10)3-9(8)6-11/h9-10H,3-8H2,1-2H3;7-9H,2-6,10H2,1H3. The molecular weight excluding hydrogens is 300 g/mol. The van der Waals surface area contributed by atoms with Crippen molar-refractivity contribution in [2.24, 2.45) is 23.5 Å². The normalized spacial score (nSPS) is 31.8. The second kappa shape index (κ2) is 9.85. The van der Waals surface area contributed by atoms with Crippen molar-refractivity contribution in [2.75, 3.05) is 59.4 Å². The molecule has 140 valence electrons. The van der Waals surface area contributed by atoms with Gasteiger partial charge in [-0.25, -0.2) is 0 Å². The summed E-state index contributed by atoms with van der Waals surface area (Å²) in [5.41, 5.74) is 5.66. The van der Waals surface area contributed by atoms with Crippen LogP contribution in [0.4, 0.5) is 0 Å². The van der Waals surface area contributed by atoms with Gasteiger partial charge in [-0.15, -0.1) is 0 Å². The van der Waals surface area contributed by atoms with Gasteiger partial charge in [0.2, 0.25) is 0 Å². The van der Waals surface area contributed by atoms with Gasteiger partial charge in [0.1, 0.15) is 6.29 Å². The number of carbonyl (C=O) groups is 1. The molecule has 0 spiro atoms. The van der Waals surface area contributed by atoms with Gasteiger partial charge in [-0.2, -0.15) is 0 Å². The first-order valence-electron chi connectivity index (χ1n) is 9.82. The summed E-state index contributed by atoms with van der Waals surface area (Å²) in [4.78, 5) is 17.5. The third-order valence-electron chi connectivity index (χ3n) is 6.06. The van der Waals surface area contributed by atoms with E-state index in [1.54, 1.807) is 0 Å². The molecule has 5 nitrogen and oxygen atoms in total. The number of nitrogens with two attached hydrogens (primary N) is 1. The highest BCUT2D eigenvalue weighted by Gasteiger charge is 2.38. The number of hydrogen-bond acceptors (Lipinski definition) is 5. The molecule has 2 saturated heterocycles. The van der Waals surface area contributed by atoms with Gasteiger partial charge < -0.3 is 20.3 Å². The molecule has 2 unspecified atom stereocenters. The summed E-state index contributed by atoms with van der Waals surface area (Å²) >= 11 is 0. The molecule has 0 aromatic rings. The molecule has 1 aliphatic carbocycles. The average molecular weight is 339 g/mol. The lowest BCUT2D eigenvalue weighted by Crippen LogP contribution is -2.48. The highest BCUT2D eigenvalue weighted by Crippen LogP contribution is 2.40. The Balaban J connectivity index is 0.000000175. The summed E-state index contributed by atoms with van der Waals surface area (Å²) in [6, 6.07) is 0.660. The van der Waals surface area contributed by atoms with E-state index in [-0.39, 0.29) is 0 Å². The molecule has 3 fully saturated rings. The third kappa shape index (κ3) is 5.80. The van der Waals surface area contributed by atoms with Crippen LogP contribution in [0.15, 0.2) is 0 Å². The van der Waals surface area contributed by atoms with Gasteiger partial charge in [0, 0.05) is 58.3 Å². The van der Waals surface area contributed by atoms with E-state index in [1.165, 1.54) is 25.9 Å². The smallest absolute Gasteiger partial charge is 0.121 e. The Labute approximate surface area is 148 Å². The maximum Gasteiger partial charge on any atom is 0.121 e. The number of piperazine rings is 1. The Morgan fingerprint density at radius 1 is 1.08 bits per heavy atom. The zero-order chi connectivity index (χ0) is 17.5. The van der Waals surface area contributed by atoms with Crippen LogP contribution in [0.5, 0.6) is 0 Å². The summed E-state index contributed by atoms with van der Waals surface area (Å²) in [7, 11) is 2.23. The quantitative estimate of drug-likeness (QED) is 0.762. The summed E-state index contributed by atoms with van der Waals surface area (Å²) in [5, 5.41) is 0. The van der Waals surface area contributed by atoms with Crippen molar-refractivity contribution < 1.29 is 4.79 Å². The highest BCUT2D eigenvalue weighted by molar-refractivity contribution is 5.49. The summed E-state index contributed by atoms with van der Waals surface area (Å²) < 4.78 is 0. The molecular formula is C19H38N4O. The molecule has 3 rings (SSSR count). The largest absolute Gasteiger partial charge is 0.330 e. The lowest BCUT2D eigenvalue weighted by Gasteiger charge is -2.36. The minimum absolute atomic E-state index is 0.660. The van der Waals surface area contributed by atoms with Crippen molar-refractivity contribution in [1.29, 1.82) is 0 Å². The summed E-state index contributed by atoms with van der Waals surface area (Å²) in [6.07, 6.45) is 4.48. The Bertz CT molecular complexity index is 354. The lowest BCUT2D eigenvalue weighted by molar-refractivity contribution is -0.108. The Morgan fingerprint density at radius 2 is 1.67 bits per heavy atom. The molecule has 1 saturated carbocycles. The molecule has 0 amide bonds. The number of hydrogen-bond donors (Lipinski definition) is 1. The van der Waals surface area contributed by atoms with E-state index in [0.717, 1.165) is 63.3 Å². The monoisotopic (exact) mass is 338 g/mol. The molecule has 0 aromatic carbocycles. The lowest BCUT2D eigenvalue weighted by atomic mass is 10.0. The van der Waals surface area contributed by atoms with E-state index in [0.29, 0.717) is 12.5 Å². The molecule has 2 atom stereocenters. The molecule has 0 aromatic heterocycles. The van der Waals surface area contributed by atoms with Crippen LogP contribution in [-0.2, 0) is 4.79 Å². The van der Waals surface area contributed by atoms with E-state index < -0.39 is 0 Å². The van der Waals surface area contributed by atoms with Crippen LogP contribution >= 0.6 is 0 Å². The van der Waals surface area contributed by atoms with Crippen LogP contribution in [-0.4, -0.2) is 86.4 Å². The van der Waals surface area contributed by atoms with Crippen molar-refractivity contribution >= 4 is 6.29 Å². The minimum Gasteiger partial charge on any atom is -0.330 e. The van der Waals surface area contributed by atoms with Crippen LogP contribution in [0.3, 0.4) is 0 Å². The van der Waals surface area contributed by atoms with Gasteiger partial charge in [0.05, 0.1) is 0 Å². The molecule has 0 radical (unpaired) electrons. The van der Waals surface area contributed by atoms with E-state index in [1.807, 2.05) is 0 Å². The predicted octanol–water partition coefficient (Wildman–Crippen LogP) is 1.13. The van der Waals surface area contributed by atoms with Crippen molar-refractivity contribution in [1.82, 2.24) is 14.7 Å². The maximum atomic E-state index is 10.2. The molecule has 0 bridgehead atoms. The first kappa shape index (κ1) is 19.8. The molecule has 24 heavy (non-hydrogen) atoms. The van der Waals surface area contributed by atoms with Crippen LogP contribution in [0.25, 0.3) is 0 Å². The zero-order valence-corrected chi connectivity index (χ0v) is 16.0. The fraction of sp³-hybridized carbons (Fsp3) is 0.947. The van der Waals surface area contributed by atoms with Crippen molar-refractivity contribution in [2.45, 2.75) is 39.2 Å². The summed E-state index contributed by atoms with van der Waals surface area (Å²) in [5.74, 6) is 2.81. The van der Waals surface area contributed by atoms with Crippen LogP contribution in [0, 0.1) is 17.8 Å². The van der Waals surface area contributed by atoms with Crippen LogP contribution < -0.4 is 5.73 Å². The Morgan fingerprint density at radius 3 is 2.12 bits per heavy atom. The van der Waals surface area contributed by atoms with Crippen molar-refractivity contribution in [3.05, 3.63) is 0 Å². The first-order valence-corrected chi connectivity index (χ1v) is 9.82. The Kier molecular flexibility index (Phi) is 8.14. The van der Waals surface area contributed by atoms with Gasteiger partial charge in [-0.3, -0.25) is 4.90 Å². The zero-order valence-electron chi connectivity index (χ0n) is 16.0. The average Bonchev–Trinajstić information content (AvgIpc) is 3.10. The number of aldehydes is 1. The molecule has 5 heteroatoms. The van der Waals surface area contributed by atoms with Gasteiger partial charge in [0.15, 0.2) is 0 Å². The van der Waals surface area contributed by atoms with Gasteiger partial charge in [-0.1, -0.05) is 0 Å². The number of nitrogens with zero attached hydrogens (tertiary/aromatic N) is 3. The highest BCUT2D eigenvalue weighted by atomic mass is 16.1. The SMILES string of the molecule is CC(C)N1CCN(CCC=O)CC1.CN1CC2CC(CN)CC2C1. The molecule has 2 heterocycles. The van der Waals surface area contributed by atoms with Gasteiger partial charge in [0.25, 0.3) is 0 Å². The van der Waals surface area contributed by atoms with E-state index in [2.05, 4.69) is 35.6 Å². The second-order valence-electron chi connectivity index (χ2n) is 8.24. The third-order valence-corrected chi connectivity index (χ3v) is 6.06. The molecule has 3 aliphatic rings.